The van der Waals surface area contributed by atoms with E-state index in [0.717, 1.165) is 15.5 Å². The summed E-state index contributed by atoms with van der Waals surface area (Å²) in [5.74, 6) is 0.790. The van der Waals surface area contributed by atoms with Gasteiger partial charge in [-0.3, -0.25) is 4.79 Å². The van der Waals surface area contributed by atoms with Gasteiger partial charge in [0.15, 0.2) is 3.01 Å². The largest absolute Gasteiger partial charge is 0.340 e. The van der Waals surface area contributed by atoms with Crippen LogP contribution in [0.3, 0.4) is 0 Å². The van der Waals surface area contributed by atoms with Crippen LogP contribution in [0.15, 0.2) is 5.38 Å². The molecule has 0 atom stereocenters. The third kappa shape index (κ3) is 2.44. The summed E-state index contributed by atoms with van der Waals surface area (Å²) in [6.07, 6.45) is 2.54. The zero-order valence-electron chi connectivity index (χ0n) is 7.86. The van der Waals surface area contributed by atoms with Crippen LogP contribution in [0.4, 0.5) is 0 Å². The molecule has 0 N–H and O–H groups in total. The van der Waals surface area contributed by atoms with Gasteiger partial charge in [0.2, 0.25) is 0 Å². The maximum atomic E-state index is 11.8. The van der Waals surface area contributed by atoms with Gasteiger partial charge in [-0.1, -0.05) is 0 Å². The Kier molecular flexibility index (Phi) is 3.06. The first kappa shape index (κ1) is 10.4. The summed E-state index contributed by atoms with van der Waals surface area (Å²) in [6.45, 7) is 0.882. The first-order chi connectivity index (χ1) is 6.66. The van der Waals surface area contributed by atoms with E-state index in [2.05, 4.69) is 27.6 Å². The van der Waals surface area contributed by atoms with E-state index in [-0.39, 0.29) is 5.91 Å². The molecule has 0 spiro atoms. The van der Waals surface area contributed by atoms with E-state index in [0.29, 0.717) is 5.69 Å². The number of thiazole rings is 1. The predicted octanol–water partition coefficient (Wildman–Crippen LogP) is 2.23. The van der Waals surface area contributed by atoms with Crippen molar-refractivity contribution >= 4 is 39.8 Å². The van der Waals surface area contributed by atoms with Gasteiger partial charge in [-0.2, -0.15) is 0 Å². The Morgan fingerprint density at radius 1 is 1.79 bits per heavy atom. The van der Waals surface area contributed by atoms with E-state index in [9.17, 15) is 4.79 Å². The number of rotatable bonds is 3. The topological polar surface area (TPSA) is 33.2 Å². The zero-order chi connectivity index (χ0) is 10.1. The van der Waals surface area contributed by atoms with Gasteiger partial charge in [-0.05, 0) is 41.4 Å². The molecule has 1 aliphatic rings. The van der Waals surface area contributed by atoms with Gasteiger partial charge < -0.3 is 4.90 Å². The van der Waals surface area contributed by atoms with E-state index in [1.807, 2.05) is 12.4 Å². The van der Waals surface area contributed by atoms with Gasteiger partial charge in [0, 0.05) is 19.0 Å². The molecule has 3 nitrogen and oxygen atoms in total. The minimum atomic E-state index is 0.0519. The Labute approximate surface area is 101 Å². The summed E-state index contributed by atoms with van der Waals surface area (Å²) in [7, 11) is 1.85. The van der Waals surface area contributed by atoms with Crippen molar-refractivity contribution in [1.29, 1.82) is 0 Å². The molecule has 0 radical (unpaired) electrons. The minimum Gasteiger partial charge on any atom is -0.340 e. The van der Waals surface area contributed by atoms with Gasteiger partial charge in [0.1, 0.15) is 5.69 Å². The molecule has 1 amide bonds. The van der Waals surface area contributed by atoms with Gasteiger partial charge >= 0.3 is 0 Å². The summed E-state index contributed by atoms with van der Waals surface area (Å²) < 4.78 is 0.922. The molecule has 2 rings (SSSR count). The molecule has 76 valence electrons. The molecule has 1 aromatic rings. The van der Waals surface area contributed by atoms with Crippen molar-refractivity contribution in [2.45, 2.75) is 12.8 Å². The molecule has 1 saturated carbocycles. The Balaban J connectivity index is 1.99. The molecular formula is C9H11IN2OS. The van der Waals surface area contributed by atoms with Gasteiger partial charge in [-0.15, -0.1) is 11.3 Å². The fourth-order valence-electron chi connectivity index (χ4n) is 1.32. The summed E-state index contributed by atoms with van der Waals surface area (Å²) >= 11 is 3.64. The third-order valence-electron chi connectivity index (χ3n) is 2.27. The Bertz CT molecular complexity index is 348. The van der Waals surface area contributed by atoms with Crippen molar-refractivity contribution in [1.82, 2.24) is 9.88 Å². The summed E-state index contributed by atoms with van der Waals surface area (Å²) in [4.78, 5) is 17.7. The lowest BCUT2D eigenvalue weighted by molar-refractivity contribution is 0.0783. The number of carbonyl (C=O) groups is 1. The van der Waals surface area contributed by atoms with Crippen molar-refractivity contribution in [3.05, 3.63) is 14.1 Å². The standard InChI is InChI=1S/C9H11IN2OS/c1-12(4-6-2-3-6)8(13)7-5-14-9(10)11-7/h5-6H,2-4H2,1H3. The highest BCUT2D eigenvalue weighted by molar-refractivity contribution is 14.1. The maximum Gasteiger partial charge on any atom is 0.273 e. The molecule has 14 heavy (non-hydrogen) atoms. The highest BCUT2D eigenvalue weighted by Gasteiger charge is 2.25. The highest BCUT2D eigenvalue weighted by Crippen LogP contribution is 2.29. The SMILES string of the molecule is CN(CC1CC1)C(=O)c1csc(I)n1. The van der Waals surface area contributed by atoms with E-state index >= 15 is 0 Å². The Morgan fingerprint density at radius 3 is 3.00 bits per heavy atom. The first-order valence-corrected chi connectivity index (χ1v) is 6.49. The van der Waals surface area contributed by atoms with Crippen LogP contribution in [0.2, 0.25) is 0 Å². The van der Waals surface area contributed by atoms with E-state index in [1.165, 1.54) is 24.2 Å². The zero-order valence-corrected chi connectivity index (χ0v) is 10.8. The van der Waals surface area contributed by atoms with Crippen LogP contribution < -0.4 is 0 Å². The average molecular weight is 322 g/mol. The molecule has 1 heterocycles. The van der Waals surface area contributed by atoms with Crippen LogP contribution >= 0.6 is 33.9 Å². The van der Waals surface area contributed by atoms with Gasteiger partial charge in [0.25, 0.3) is 5.91 Å². The summed E-state index contributed by atoms with van der Waals surface area (Å²) in [6, 6.07) is 0. The van der Waals surface area contributed by atoms with Crippen LogP contribution in [-0.2, 0) is 0 Å². The molecule has 5 heteroatoms. The van der Waals surface area contributed by atoms with Crippen LogP contribution in [0, 0.1) is 8.93 Å². The molecule has 0 bridgehead atoms. The third-order valence-corrected chi connectivity index (χ3v) is 3.90. The lowest BCUT2D eigenvalue weighted by atomic mass is 10.3. The van der Waals surface area contributed by atoms with E-state index in [1.54, 1.807) is 4.90 Å². The second-order valence-electron chi connectivity index (χ2n) is 3.61. The maximum absolute atomic E-state index is 11.8. The molecule has 1 aromatic heterocycles. The number of carbonyl (C=O) groups excluding carboxylic acids is 1. The van der Waals surface area contributed by atoms with Gasteiger partial charge in [-0.25, -0.2) is 4.98 Å². The van der Waals surface area contributed by atoms with Crippen LogP contribution in [0.5, 0.6) is 0 Å². The average Bonchev–Trinajstić information content (AvgIpc) is 2.85. The molecule has 1 fully saturated rings. The number of aromatic nitrogens is 1. The molecule has 1 aliphatic carbocycles. The molecule has 0 aromatic carbocycles. The van der Waals surface area contributed by atoms with Crippen molar-refractivity contribution in [2.75, 3.05) is 13.6 Å². The first-order valence-electron chi connectivity index (χ1n) is 4.53. The summed E-state index contributed by atoms with van der Waals surface area (Å²) in [5.41, 5.74) is 0.586. The number of hydrogen-bond acceptors (Lipinski definition) is 3. The summed E-state index contributed by atoms with van der Waals surface area (Å²) in [5, 5.41) is 1.83. The second kappa shape index (κ2) is 4.14. The lowest BCUT2D eigenvalue weighted by Crippen LogP contribution is -2.28. The van der Waals surface area contributed by atoms with Crippen molar-refractivity contribution in [2.24, 2.45) is 5.92 Å². The smallest absolute Gasteiger partial charge is 0.273 e. The van der Waals surface area contributed by atoms with E-state index < -0.39 is 0 Å². The number of hydrogen-bond donors (Lipinski definition) is 0. The molecule has 0 saturated heterocycles. The highest BCUT2D eigenvalue weighted by atomic mass is 127. The lowest BCUT2D eigenvalue weighted by Gasteiger charge is -2.14. The van der Waals surface area contributed by atoms with Crippen molar-refractivity contribution < 1.29 is 4.79 Å². The predicted molar refractivity (Wildman–Crippen MR) is 64.5 cm³/mol. The van der Waals surface area contributed by atoms with Gasteiger partial charge in [0.05, 0.1) is 0 Å². The minimum absolute atomic E-state index is 0.0519. The van der Waals surface area contributed by atoms with Crippen LogP contribution in [0.1, 0.15) is 23.3 Å². The fraction of sp³-hybridized carbons (Fsp3) is 0.556. The fourth-order valence-corrected chi connectivity index (χ4v) is 2.47. The molecule has 0 unspecified atom stereocenters. The van der Waals surface area contributed by atoms with E-state index in [4.69, 9.17) is 0 Å². The number of halogens is 1. The monoisotopic (exact) mass is 322 g/mol. The Hall–Kier alpha value is -0.170. The van der Waals surface area contributed by atoms with Crippen LogP contribution in [-0.4, -0.2) is 29.4 Å². The second-order valence-corrected chi connectivity index (χ2v) is 6.23. The number of nitrogens with zero attached hydrogens (tertiary/aromatic N) is 2. The van der Waals surface area contributed by atoms with Crippen molar-refractivity contribution in [3.8, 4) is 0 Å². The van der Waals surface area contributed by atoms with Crippen LogP contribution in [0.25, 0.3) is 0 Å². The quantitative estimate of drug-likeness (QED) is 0.800. The van der Waals surface area contributed by atoms with Crippen molar-refractivity contribution in [3.63, 3.8) is 0 Å². The molecular weight excluding hydrogens is 311 g/mol. The normalized spacial score (nSPS) is 15.6. The Morgan fingerprint density at radius 2 is 2.50 bits per heavy atom. The number of amides is 1. The molecule has 0 aliphatic heterocycles.